The van der Waals surface area contributed by atoms with E-state index in [-0.39, 0.29) is 18.2 Å². The van der Waals surface area contributed by atoms with E-state index in [1.807, 2.05) is 25.1 Å². The molecule has 1 aliphatic heterocycles. The molecule has 1 amide bonds. The number of carbonyl (C=O) groups excluding carboxylic acids is 1. The van der Waals surface area contributed by atoms with Crippen LogP contribution in [0, 0.1) is 12.8 Å². The first-order valence-corrected chi connectivity index (χ1v) is 7.54. The molecule has 5 heteroatoms. The van der Waals surface area contributed by atoms with Crippen LogP contribution in [0.25, 0.3) is 11.0 Å². The molecule has 5 nitrogen and oxygen atoms in total. The third-order valence-corrected chi connectivity index (χ3v) is 4.25. The number of furan rings is 1. The molecular formula is C17H19NO4. The van der Waals surface area contributed by atoms with Crippen molar-refractivity contribution < 1.29 is 19.1 Å². The Morgan fingerprint density at radius 3 is 2.68 bits per heavy atom. The summed E-state index contributed by atoms with van der Waals surface area (Å²) >= 11 is 0. The second-order valence-corrected chi connectivity index (χ2v) is 5.99. The van der Waals surface area contributed by atoms with E-state index in [1.54, 1.807) is 11.0 Å². The van der Waals surface area contributed by atoms with Gasteiger partial charge in [0, 0.05) is 24.9 Å². The summed E-state index contributed by atoms with van der Waals surface area (Å²) in [5, 5.41) is 9.76. The monoisotopic (exact) mass is 301 g/mol. The molecule has 1 saturated heterocycles. The zero-order chi connectivity index (χ0) is 15.7. The summed E-state index contributed by atoms with van der Waals surface area (Å²) in [4.78, 5) is 25.0. The van der Waals surface area contributed by atoms with Crippen molar-refractivity contribution in [3.8, 4) is 0 Å². The average Bonchev–Trinajstić information content (AvgIpc) is 2.89. The number of piperidine rings is 1. The third kappa shape index (κ3) is 2.98. The van der Waals surface area contributed by atoms with E-state index in [2.05, 4.69) is 0 Å². The molecule has 22 heavy (non-hydrogen) atoms. The Labute approximate surface area is 128 Å². The number of hydrogen-bond donors (Lipinski definition) is 1. The topological polar surface area (TPSA) is 70.8 Å². The maximum Gasteiger partial charge on any atom is 0.303 e. The molecule has 3 rings (SSSR count). The van der Waals surface area contributed by atoms with Crippen LogP contribution in [-0.2, 0) is 4.79 Å². The molecule has 0 unspecified atom stereocenters. The van der Waals surface area contributed by atoms with Gasteiger partial charge in [0.1, 0.15) is 5.58 Å². The molecule has 1 aliphatic rings. The van der Waals surface area contributed by atoms with Gasteiger partial charge in [0.05, 0.1) is 0 Å². The zero-order valence-electron chi connectivity index (χ0n) is 12.5. The zero-order valence-corrected chi connectivity index (χ0v) is 12.5. The van der Waals surface area contributed by atoms with Crippen LogP contribution >= 0.6 is 0 Å². The Kier molecular flexibility index (Phi) is 3.88. The van der Waals surface area contributed by atoms with Gasteiger partial charge < -0.3 is 14.4 Å². The summed E-state index contributed by atoms with van der Waals surface area (Å²) in [5.41, 5.74) is 1.84. The molecule has 1 aromatic carbocycles. The minimum atomic E-state index is -0.766. The molecule has 0 bridgehead atoms. The quantitative estimate of drug-likeness (QED) is 0.945. The number of carboxylic acid groups (broad SMARTS) is 1. The van der Waals surface area contributed by atoms with Gasteiger partial charge in [-0.05, 0) is 43.9 Å². The Bertz CT molecular complexity index is 711. The van der Waals surface area contributed by atoms with Gasteiger partial charge in [-0.1, -0.05) is 11.6 Å². The van der Waals surface area contributed by atoms with Crippen molar-refractivity contribution in [1.29, 1.82) is 0 Å². The molecule has 1 fully saturated rings. The van der Waals surface area contributed by atoms with Crippen LogP contribution in [-0.4, -0.2) is 35.0 Å². The molecule has 1 aromatic heterocycles. The smallest absolute Gasteiger partial charge is 0.303 e. The number of benzene rings is 1. The molecule has 116 valence electrons. The molecule has 0 aliphatic carbocycles. The van der Waals surface area contributed by atoms with Crippen LogP contribution in [0.15, 0.2) is 28.7 Å². The van der Waals surface area contributed by atoms with Gasteiger partial charge in [-0.25, -0.2) is 0 Å². The second-order valence-electron chi connectivity index (χ2n) is 5.99. The highest BCUT2D eigenvalue weighted by Gasteiger charge is 2.26. The fraction of sp³-hybridized carbons (Fsp3) is 0.412. The Morgan fingerprint density at radius 1 is 1.27 bits per heavy atom. The van der Waals surface area contributed by atoms with Gasteiger partial charge in [0.2, 0.25) is 0 Å². The number of carboxylic acids is 1. The number of amides is 1. The highest BCUT2D eigenvalue weighted by atomic mass is 16.4. The van der Waals surface area contributed by atoms with Crippen LogP contribution in [0.1, 0.15) is 35.4 Å². The van der Waals surface area contributed by atoms with Gasteiger partial charge in [-0.3, -0.25) is 9.59 Å². The van der Waals surface area contributed by atoms with E-state index >= 15 is 0 Å². The van der Waals surface area contributed by atoms with Crippen molar-refractivity contribution in [1.82, 2.24) is 4.90 Å². The predicted molar refractivity (Wildman–Crippen MR) is 81.8 cm³/mol. The van der Waals surface area contributed by atoms with Crippen LogP contribution in [0.2, 0.25) is 0 Å². The predicted octanol–water partition coefficient (Wildman–Crippen LogP) is 3.07. The largest absolute Gasteiger partial charge is 0.481 e. The van der Waals surface area contributed by atoms with Crippen LogP contribution in [0.3, 0.4) is 0 Å². The lowest BCUT2D eigenvalue weighted by atomic mass is 9.93. The highest BCUT2D eigenvalue weighted by Crippen LogP contribution is 2.25. The summed E-state index contributed by atoms with van der Waals surface area (Å²) < 4.78 is 5.64. The summed E-state index contributed by atoms with van der Waals surface area (Å²) in [6, 6.07) is 7.61. The van der Waals surface area contributed by atoms with Crippen molar-refractivity contribution >= 4 is 22.8 Å². The third-order valence-electron chi connectivity index (χ3n) is 4.25. The highest BCUT2D eigenvalue weighted by molar-refractivity contribution is 5.96. The van der Waals surface area contributed by atoms with Crippen molar-refractivity contribution in [3.05, 3.63) is 35.6 Å². The molecule has 1 N–H and O–H groups in total. The van der Waals surface area contributed by atoms with Gasteiger partial charge in [-0.2, -0.15) is 0 Å². The average molecular weight is 301 g/mol. The maximum absolute atomic E-state index is 12.5. The molecule has 0 spiro atoms. The van der Waals surface area contributed by atoms with E-state index in [9.17, 15) is 9.59 Å². The maximum atomic E-state index is 12.5. The van der Waals surface area contributed by atoms with Crippen molar-refractivity contribution in [3.63, 3.8) is 0 Å². The van der Waals surface area contributed by atoms with Gasteiger partial charge in [0.15, 0.2) is 5.76 Å². The van der Waals surface area contributed by atoms with Crippen molar-refractivity contribution in [2.24, 2.45) is 5.92 Å². The van der Waals surface area contributed by atoms with Crippen molar-refractivity contribution in [2.45, 2.75) is 26.2 Å². The SMILES string of the molecule is Cc1ccc2oc(C(=O)N3CCC(CC(=O)O)CC3)cc2c1. The molecule has 0 atom stereocenters. The van der Waals surface area contributed by atoms with E-state index in [0.717, 1.165) is 29.4 Å². The standard InChI is InChI=1S/C17H19NO4/c1-11-2-3-14-13(8-11)10-15(22-14)17(21)18-6-4-12(5-7-18)9-16(19)20/h2-3,8,10,12H,4-7,9H2,1H3,(H,19,20). The van der Waals surface area contributed by atoms with Gasteiger partial charge >= 0.3 is 5.97 Å². The lowest BCUT2D eigenvalue weighted by Gasteiger charge is -2.30. The summed E-state index contributed by atoms with van der Waals surface area (Å²) in [5.74, 6) is -0.350. The van der Waals surface area contributed by atoms with Crippen LogP contribution in [0.4, 0.5) is 0 Å². The van der Waals surface area contributed by atoms with E-state index < -0.39 is 5.97 Å². The number of likely N-dealkylation sites (tertiary alicyclic amines) is 1. The van der Waals surface area contributed by atoms with Gasteiger partial charge in [0.25, 0.3) is 5.91 Å². The van der Waals surface area contributed by atoms with Crippen LogP contribution in [0.5, 0.6) is 0 Å². The molecule has 2 aromatic rings. The minimum Gasteiger partial charge on any atom is -0.481 e. The normalized spacial score (nSPS) is 16.1. The minimum absolute atomic E-state index is 0.109. The summed E-state index contributed by atoms with van der Waals surface area (Å²) in [7, 11) is 0. The van der Waals surface area contributed by atoms with E-state index in [0.29, 0.717) is 18.8 Å². The molecular weight excluding hydrogens is 282 g/mol. The number of aryl methyl sites for hydroxylation is 1. The number of carbonyl (C=O) groups is 2. The first-order valence-electron chi connectivity index (χ1n) is 7.54. The number of nitrogens with zero attached hydrogens (tertiary/aromatic N) is 1. The first-order chi connectivity index (χ1) is 10.5. The second kappa shape index (κ2) is 5.83. The number of aliphatic carboxylic acids is 1. The Hall–Kier alpha value is -2.30. The van der Waals surface area contributed by atoms with Crippen molar-refractivity contribution in [2.75, 3.05) is 13.1 Å². The molecule has 0 saturated carbocycles. The first kappa shape index (κ1) is 14.6. The fourth-order valence-electron chi connectivity index (χ4n) is 3.01. The Morgan fingerprint density at radius 2 is 2.00 bits per heavy atom. The molecule has 0 radical (unpaired) electrons. The number of rotatable bonds is 3. The Balaban J connectivity index is 1.69. The number of hydrogen-bond acceptors (Lipinski definition) is 3. The van der Waals surface area contributed by atoms with Crippen LogP contribution < -0.4 is 0 Å². The molecule has 2 heterocycles. The summed E-state index contributed by atoms with van der Waals surface area (Å²) in [6.45, 7) is 3.18. The lowest BCUT2D eigenvalue weighted by Crippen LogP contribution is -2.38. The summed E-state index contributed by atoms with van der Waals surface area (Å²) in [6.07, 6.45) is 1.65. The van der Waals surface area contributed by atoms with E-state index in [1.165, 1.54) is 0 Å². The van der Waals surface area contributed by atoms with Gasteiger partial charge in [-0.15, -0.1) is 0 Å². The van der Waals surface area contributed by atoms with E-state index in [4.69, 9.17) is 9.52 Å². The fourth-order valence-corrected chi connectivity index (χ4v) is 3.01. The number of fused-ring (bicyclic) bond motifs is 1. The lowest BCUT2D eigenvalue weighted by molar-refractivity contribution is -0.138.